The van der Waals surface area contributed by atoms with E-state index < -0.39 is 0 Å². The van der Waals surface area contributed by atoms with Gasteiger partial charge in [-0.25, -0.2) is 0 Å². The summed E-state index contributed by atoms with van der Waals surface area (Å²) in [4.78, 5) is 14.1. The van der Waals surface area contributed by atoms with Crippen molar-refractivity contribution in [3.8, 4) is 0 Å². The van der Waals surface area contributed by atoms with E-state index in [2.05, 4.69) is 19.2 Å². The maximum absolute atomic E-state index is 12.1. The molecule has 1 rings (SSSR count). The fourth-order valence-electron chi connectivity index (χ4n) is 2.15. The van der Waals surface area contributed by atoms with Gasteiger partial charge in [0.05, 0.1) is 6.04 Å². The summed E-state index contributed by atoms with van der Waals surface area (Å²) in [6.07, 6.45) is 5.72. The number of carbonyl (C=O) groups is 1. The highest BCUT2D eigenvalue weighted by Gasteiger charge is 2.23. The molecule has 3 heteroatoms. The fourth-order valence-corrected chi connectivity index (χ4v) is 2.15. The lowest BCUT2D eigenvalue weighted by molar-refractivity contribution is -0.133. The van der Waals surface area contributed by atoms with Crippen LogP contribution in [0.3, 0.4) is 0 Å². The molecule has 0 radical (unpaired) electrons. The first-order valence-corrected chi connectivity index (χ1v) is 6.31. The Labute approximate surface area is 93.2 Å². The summed E-state index contributed by atoms with van der Waals surface area (Å²) in [5.41, 5.74) is 0. The molecule has 1 N–H and O–H groups in total. The van der Waals surface area contributed by atoms with Crippen LogP contribution in [0.4, 0.5) is 0 Å². The van der Waals surface area contributed by atoms with Gasteiger partial charge in [0.2, 0.25) is 5.91 Å². The average Bonchev–Trinajstić information content (AvgIpc) is 2.53. The minimum Gasteiger partial charge on any atom is -0.342 e. The number of rotatable bonds is 4. The lowest BCUT2D eigenvalue weighted by Crippen LogP contribution is -2.46. The van der Waals surface area contributed by atoms with E-state index in [1.165, 1.54) is 19.3 Å². The van der Waals surface area contributed by atoms with Gasteiger partial charge < -0.3 is 10.2 Å². The normalized spacial score (nSPS) is 22.1. The summed E-state index contributed by atoms with van der Waals surface area (Å²) < 4.78 is 0. The Hall–Kier alpha value is -0.570. The highest BCUT2D eigenvalue weighted by atomic mass is 16.2. The van der Waals surface area contributed by atoms with E-state index in [9.17, 15) is 4.79 Å². The molecule has 1 aliphatic rings. The second-order valence-corrected chi connectivity index (χ2v) is 4.27. The Bertz CT molecular complexity index is 186. The number of likely N-dealkylation sites (N-methyl/N-ethyl adjacent to an activating group) is 1. The molecule has 0 aliphatic carbocycles. The number of hydrogen-bond donors (Lipinski definition) is 1. The van der Waals surface area contributed by atoms with Crippen molar-refractivity contribution in [2.45, 2.75) is 52.0 Å². The molecule has 1 saturated heterocycles. The van der Waals surface area contributed by atoms with Gasteiger partial charge in [0.1, 0.15) is 0 Å². The summed E-state index contributed by atoms with van der Waals surface area (Å²) in [6.45, 7) is 6.92. The van der Waals surface area contributed by atoms with E-state index in [4.69, 9.17) is 0 Å². The number of hydrogen-bond acceptors (Lipinski definition) is 2. The molecular formula is C12H24N2O. The van der Waals surface area contributed by atoms with Gasteiger partial charge >= 0.3 is 0 Å². The molecule has 0 bridgehead atoms. The number of amides is 1. The minimum atomic E-state index is 0.0824. The Kier molecular flexibility index (Phi) is 5.69. The first-order valence-electron chi connectivity index (χ1n) is 6.31. The molecule has 1 fully saturated rings. The van der Waals surface area contributed by atoms with E-state index in [0.717, 1.165) is 32.5 Å². The third-order valence-electron chi connectivity index (χ3n) is 3.05. The molecule has 1 unspecified atom stereocenters. The minimum absolute atomic E-state index is 0.0824. The Morgan fingerprint density at radius 3 is 2.80 bits per heavy atom. The third-order valence-corrected chi connectivity index (χ3v) is 3.05. The van der Waals surface area contributed by atoms with Crippen LogP contribution in [0.1, 0.15) is 46.0 Å². The molecule has 0 saturated carbocycles. The van der Waals surface area contributed by atoms with Crippen LogP contribution in [0, 0.1) is 0 Å². The van der Waals surface area contributed by atoms with Crippen LogP contribution in [0.5, 0.6) is 0 Å². The molecular weight excluding hydrogens is 188 g/mol. The van der Waals surface area contributed by atoms with E-state index >= 15 is 0 Å². The maximum atomic E-state index is 12.1. The van der Waals surface area contributed by atoms with Crippen molar-refractivity contribution in [2.24, 2.45) is 0 Å². The Morgan fingerprint density at radius 1 is 1.33 bits per heavy atom. The molecule has 0 aromatic rings. The van der Waals surface area contributed by atoms with Crippen molar-refractivity contribution in [2.75, 3.05) is 19.6 Å². The molecule has 0 aromatic heterocycles. The zero-order chi connectivity index (χ0) is 11.1. The molecule has 0 aromatic carbocycles. The molecule has 15 heavy (non-hydrogen) atoms. The Balaban J connectivity index is 2.47. The monoisotopic (exact) mass is 212 g/mol. The number of carbonyl (C=O) groups excluding carboxylic acids is 1. The van der Waals surface area contributed by atoms with E-state index in [0.29, 0.717) is 5.91 Å². The summed E-state index contributed by atoms with van der Waals surface area (Å²) in [6, 6.07) is 0.0824. The van der Waals surface area contributed by atoms with Crippen molar-refractivity contribution < 1.29 is 4.79 Å². The average molecular weight is 212 g/mol. The van der Waals surface area contributed by atoms with Crippen molar-refractivity contribution in [1.82, 2.24) is 10.2 Å². The van der Waals surface area contributed by atoms with E-state index in [1.807, 2.05) is 4.90 Å². The topological polar surface area (TPSA) is 32.3 Å². The van der Waals surface area contributed by atoms with Crippen molar-refractivity contribution >= 4 is 5.91 Å². The standard InChI is InChI=1S/C12H24N2O/c1-3-10-14(4-2)12(15)11-8-6-5-7-9-13-11/h11,13H,3-10H2,1-2H3. The third kappa shape index (κ3) is 3.82. The zero-order valence-corrected chi connectivity index (χ0v) is 10.1. The molecule has 88 valence electrons. The molecule has 1 heterocycles. The first kappa shape index (κ1) is 12.5. The molecule has 1 amide bonds. The predicted molar refractivity (Wildman–Crippen MR) is 62.8 cm³/mol. The highest BCUT2D eigenvalue weighted by molar-refractivity contribution is 5.81. The van der Waals surface area contributed by atoms with E-state index in [-0.39, 0.29) is 6.04 Å². The summed E-state index contributed by atoms with van der Waals surface area (Å²) in [7, 11) is 0. The molecule has 1 atom stereocenters. The lowest BCUT2D eigenvalue weighted by Gasteiger charge is -2.25. The van der Waals surface area contributed by atoms with Crippen LogP contribution >= 0.6 is 0 Å². The highest BCUT2D eigenvalue weighted by Crippen LogP contribution is 2.10. The smallest absolute Gasteiger partial charge is 0.239 e. The second-order valence-electron chi connectivity index (χ2n) is 4.27. The van der Waals surface area contributed by atoms with Gasteiger partial charge in [-0.1, -0.05) is 19.8 Å². The van der Waals surface area contributed by atoms with Crippen molar-refractivity contribution in [3.63, 3.8) is 0 Å². The quantitative estimate of drug-likeness (QED) is 0.770. The second kappa shape index (κ2) is 6.83. The van der Waals surface area contributed by atoms with Crippen LogP contribution in [-0.2, 0) is 4.79 Å². The fraction of sp³-hybridized carbons (Fsp3) is 0.917. The molecule has 1 aliphatic heterocycles. The van der Waals surface area contributed by atoms with Crippen molar-refractivity contribution in [3.05, 3.63) is 0 Å². The number of nitrogens with one attached hydrogen (secondary N) is 1. The van der Waals surface area contributed by atoms with Crippen LogP contribution in [0.25, 0.3) is 0 Å². The van der Waals surface area contributed by atoms with Gasteiger partial charge in [0, 0.05) is 13.1 Å². The largest absolute Gasteiger partial charge is 0.342 e. The predicted octanol–water partition coefficient (Wildman–Crippen LogP) is 1.78. The summed E-state index contributed by atoms with van der Waals surface area (Å²) in [5.74, 6) is 0.307. The number of nitrogens with zero attached hydrogens (tertiary/aromatic N) is 1. The summed E-state index contributed by atoms with van der Waals surface area (Å²) >= 11 is 0. The van der Waals surface area contributed by atoms with Gasteiger partial charge in [0.25, 0.3) is 0 Å². The van der Waals surface area contributed by atoms with Crippen molar-refractivity contribution in [1.29, 1.82) is 0 Å². The van der Waals surface area contributed by atoms with Crippen LogP contribution in [0.2, 0.25) is 0 Å². The van der Waals surface area contributed by atoms with Crippen LogP contribution < -0.4 is 5.32 Å². The zero-order valence-electron chi connectivity index (χ0n) is 10.1. The maximum Gasteiger partial charge on any atom is 0.239 e. The molecule has 3 nitrogen and oxygen atoms in total. The van der Waals surface area contributed by atoms with Gasteiger partial charge in [-0.2, -0.15) is 0 Å². The Morgan fingerprint density at radius 2 is 2.13 bits per heavy atom. The summed E-state index contributed by atoms with van der Waals surface area (Å²) in [5, 5.41) is 3.36. The first-order chi connectivity index (χ1) is 7.29. The van der Waals surface area contributed by atoms with Gasteiger partial charge in [-0.15, -0.1) is 0 Å². The lowest BCUT2D eigenvalue weighted by atomic mass is 10.1. The van der Waals surface area contributed by atoms with E-state index in [1.54, 1.807) is 0 Å². The molecule has 0 spiro atoms. The van der Waals surface area contributed by atoms with Crippen LogP contribution in [-0.4, -0.2) is 36.5 Å². The van der Waals surface area contributed by atoms with Crippen LogP contribution in [0.15, 0.2) is 0 Å². The SMILES string of the molecule is CCCN(CC)C(=O)C1CCCCCN1. The van der Waals surface area contributed by atoms with Gasteiger partial charge in [0.15, 0.2) is 0 Å². The van der Waals surface area contributed by atoms with Gasteiger partial charge in [-0.05, 0) is 32.7 Å². The van der Waals surface area contributed by atoms with Gasteiger partial charge in [-0.3, -0.25) is 4.79 Å².